The molecule has 0 saturated heterocycles. The molecule has 96 valence electrons. The Morgan fingerprint density at radius 3 is 2.06 bits per heavy atom. The molecule has 0 aliphatic rings. The Morgan fingerprint density at radius 1 is 1.18 bits per heavy atom. The fraction of sp³-hybridized carbons (Fsp3) is 0.364. The molecule has 0 spiro atoms. The first kappa shape index (κ1) is 17.9. The third-order valence-electron chi connectivity index (χ3n) is 1.70. The molecule has 5 nitrogen and oxygen atoms in total. The number of hydrogen-bond acceptors (Lipinski definition) is 2. The lowest BCUT2D eigenvalue weighted by Crippen LogP contribution is -2.27. The summed E-state index contributed by atoms with van der Waals surface area (Å²) >= 11 is 0. The van der Waals surface area contributed by atoms with E-state index >= 15 is 0 Å². The SMILES string of the molecule is Bc1ccc(NC(=O)OC(C)(C)C)cc1.O.O. The van der Waals surface area contributed by atoms with Crippen LogP contribution in [0.5, 0.6) is 0 Å². The fourth-order valence-electron chi connectivity index (χ4n) is 1.06. The van der Waals surface area contributed by atoms with Gasteiger partial charge in [-0.2, -0.15) is 0 Å². The summed E-state index contributed by atoms with van der Waals surface area (Å²) in [6, 6.07) is 7.57. The van der Waals surface area contributed by atoms with E-state index in [0.717, 1.165) is 11.2 Å². The van der Waals surface area contributed by atoms with Crippen molar-refractivity contribution in [2.75, 3.05) is 5.32 Å². The zero-order valence-corrected chi connectivity index (χ0v) is 10.6. The van der Waals surface area contributed by atoms with Gasteiger partial charge in [0.1, 0.15) is 13.4 Å². The molecule has 1 aromatic rings. The summed E-state index contributed by atoms with van der Waals surface area (Å²) in [5, 5.41) is 2.66. The second-order valence-electron chi connectivity index (χ2n) is 4.49. The van der Waals surface area contributed by atoms with E-state index in [0.29, 0.717) is 0 Å². The largest absolute Gasteiger partial charge is 0.444 e. The van der Waals surface area contributed by atoms with E-state index in [1.165, 1.54) is 0 Å². The Kier molecular flexibility index (Phi) is 7.28. The van der Waals surface area contributed by atoms with Crippen LogP contribution in [0.4, 0.5) is 10.5 Å². The second kappa shape index (κ2) is 6.93. The first-order chi connectivity index (χ1) is 6.87. The lowest BCUT2D eigenvalue weighted by Gasteiger charge is -2.19. The van der Waals surface area contributed by atoms with Gasteiger partial charge in [-0.15, -0.1) is 0 Å². The Morgan fingerprint density at radius 2 is 1.65 bits per heavy atom. The van der Waals surface area contributed by atoms with E-state index in [-0.39, 0.29) is 11.0 Å². The van der Waals surface area contributed by atoms with Crippen LogP contribution < -0.4 is 10.8 Å². The predicted molar refractivity (Wildman–Crippen MR) is 71.7 cm³/mol. The molecule has 1 rings (SSSR count). The van der Waals surface area contributed by atoms with Crippen molar-refractivity contribution in [3.05, 3.63) is 24.3 Å². The first-order valence-corrected chi connectivity index (χ1v) is 4.93. The monoisotopic (exact) mass is 241 g/mol. The molecule has 17 heavy (non-hydrogen) atoms. The van der Waals surface area contributed by atoms with Crippen molar-refractivity contribution in [1.82, 2.24) is 0 Å². The Hall–Kier alpha value is -1.53. The first-order valence-electron chi connectivity index (χ1n) is 4.93. The fourth-order valence-corrected chi connectivity index (χ4v) is 1.06. The molecule has 0 saturated carbocycles. The molecule has 6 heteroatoms. The van der Waals surface area contributed by atoms with Gasteiger partial charge >= 0.3 is 6.09 Å². The van der Waals surface area contributed by atoms with Crippen molar-refractivity contribution in [1.29, 1.82) is 0 Å². The van der Waals surface area contributed by atoms with E-state index in [1.807, 2.05) is 52.9 Å². The van der Waals surface area contributed by atoms with Gasteiger partial charge < -0.3 is 15.7 Å². The molecule has 5 N–H and O–H groups in total. The topological polar surface area (TPSA) is 101 Å². The minimum atomic E-state index is -0.464. The average molecular weight is 241 g/mol. The minimum absolute atomic E-state index is 0. The van der Waals surface area contributed by atoms with Crippen molar-refractivity contribution in [3.8, 4) is 0 Å². The molecule has 1 aromatic carbocycles. The number of ether oxygens (including phenoxy) is 1. The number of amides is 1. The summed E-state index contributed by atoms with van der Waals surface area (Å²) in [5.74, 6) is 0. The molecule has 0 unspecified atom stereocenters. The standard InChI is InChI=1S/C11H16BNO2.2H2O/c1-11(2,3)15-10(14)13-9-6-4-8(12)5-7-9;;/h4-7H,12H2,1-3H3,(H,13,14);2*1H2. The van der Waals surface area contributed by atoms with Gasteiger partial charge in [0.25, 0.3) is 0 Å². The number of carbonyl (C=O) groups is 1. The lowest BCUT2D eigenvalue weighted by atomic mass is 9.96. The Balaban J connectivity index is 0. The zero-order valence-electron chi connectivity index (χ0n) is 10.6. The molecular weight excluding hydrogens is 221 g/mol. The molecule has 0 fully saturated rings. The van der Waals surface area contributed by atoms with Crippen molar-refractivity contribution in [2.45, 2.75) is 26.4 Å². The molecule has 1 amide bonds. The number of hydrogen-bond donors (Lipinski definition) is 1. The van der Waals surface area contributed by atoms with Crippen molar-refractivity contribution < 1.29 is 20.5 Å². The van der Waals surface area contributed by atoms with Gasteiger partial charge in [-0.3, -0.25) is 5.32 Å². The van der Waals surface area contributed by atoms with E-state index in [4.69, 9.17) is 4.74 Å². The van der Waals surface area contributed by atoms with Crippen LogP contribution >= 0.6 is 0 Å². The second-order valence-corrected chi connectivity index (χ2v) is 4.49. The highest BCUT2D eigenvalue weighted by Crippen LogP contribution is 2.10. The van der Waals surface area contributed by atoms with Crippen molar-refractivity contribution in [3.63, 3.8) is 0 Å². The van der Waals surface area contributed by atoms with Gasteiger partial charge in [0.2, 0.25) is 0 Å². The van der Waals surface area contributed by atoms with E-state index in [2.05, 4.69) is 5.32 Å². The highest BCUT2D eigenvalue weighted by molar-refractivity contribution is 6.32. The third-order valence-corrected chi connectivity index (χ3v) is 1.70. The van der Waals surface area contributed by atoms with Crippen LogP contribution in [-0.4, -0.2) is 30.5 Å². The summed E-state index contributed by atoms with van der Waals surface area (Å²) in [7, 11) is 2.00. The van der Waals surface area contributed by atoms with E-state index in [9.17, 15) is 4.79 Å². The predicted octanol–water partition coefficient (Wildman–Crippen LogP) is -0.357. The Labute approximate surface area is 102 Å². The van der Waals surface area contributed by atoms with Crippen LogP contribution in [0.25, 0.3) is 0 Å². The van der Waals surface area contributed by atoms with E-state index in [1.54, 1.807) is 0 Å². The number of rotatable bonds is 1. The number of anilines is 1. The zero-order chi connectivity index (χ0) is 11.5. The highest BCUT2D eigenvalue weighted by Gasteiger charge is 2.15. The normalized spacial score (nSPS) is 9.59. The van der Waals surface area contributed by atoms with Gasteiger partial charge in [-0.25, -0.2) is 4.79 Å². The quantitative estimate of drug-likeness (QED) is 0.679. The van der Waals surface area contributed by atoms with Gasteiger partial charge in [0.05, 0.1) is 0 Å². The molecule has 0 aromatic heterocycles. The maximum Gasteiger partial charge on any atom is 0.412 e. The van der Waals surface area contributed by atoms with Crippen LogP contribution in [0.1, 0.15) is 20.8 Å². The van der Waals surface area contributed by atoms with Gasteiger partial charge in [0, 0.05) is 5.69 Å². The minimum Gasteiger partial charge on any atom is -0.444 e. The smallest absolute Gasteiger partial charge is 0.412 e. The summed E-state index contributed by atoms with van der Waals surface area (Å²) in [4.78, 5) is 11.4. The molecule has 0 bridgehead atoms. The average Bonchev–Trinajstić information content (AvgIpc) is 2.05. The van der Waals surface area contributed by atoms with Crippen LogP contribution in [-0.2, 0) is 4.74 Å². The van der Waals surface area contributed by atoms with Crippen molar-refractivity contribution in [2.24, 2.45) is 0 Å². The molecule has 0 radical (unpaired) electrons. The number of benzene rings is 1. The van der Waals surface area contributed by atoms with Gasteiger partial charge in [-0.1, -0.05) is 17.6 Å². The summed E-state index contributed by atoms with van der Waals surface area (Å²) < 4.78 is 5.12. The number of carbonyl (C=O) groups excluding carboxylic acids is 1. The molecule has 0 heterocycles. The number of nitrogens with one attached hydrogen (secondary N) is 1. The van der Waals surface area contributed by atoms with Crippen LogP contribution in [0, 0.1) is 0 Å². The Bertz CT molecular complexity index is 345. The van der Waals surface area contributed by atoms with Crippen molar-refractivity contribution >= 4 is 25.1 Å². The summed E-state index contributed by atoms with van der Waals surface area (Å²) in [6.07, 6.45) is -0.425. The summed E-state index contributed by atoms with van der Waals surface area (Å²) in [6.45, 7) is 5.51. The maximum atomic E-state index is 11.4. The van der Waals surface area contributed by atoms with Gasteiger partial charge in [-0.05, 0) is 32.9 Å². The highest BCUT2D eigenvalue weighted by atomic mass is 16.6. The maximum absolute atomic E-state index is 11.4. The summed E-state index contributed by atoms with van der Waals surface area (Å²) in [5.41, 5.74) is 1.44. The van der Waals surface area contributed by atoms with E-state index < -0.39 is 11.7 Å². The van der Waals surface area contributed by atoms with Crippen LogP contribution in [0.3, 0.4) is 0 Å². The lowest BCUT2D eigenvalue weighted by molar-refractivity contribution is 0.0636. The third kappa shape index (κ3) is 7.38. The van der Waals surface area contributed by atoms with Crippen LogP contribution in [0.2, 0.25) is 0 Å². The van der Waals surface area contributed by atoms with Crippen LogP contribution in [0.15, 0.2) is 24.3 Å². The molecule has 0 atom stereocenters. The molecule has 0 aliphatic carbocycles. The molecule has 0 aliphatic heterocycles. The van der Waals surface area contributed by atoms with Gasteiger partial charge in [0.15, 0.2) is 0 Å². The molecular formula is C11H20BNO4.